The van der Waals surface area contributed by atoms with E-state index in [0.717, 1.165) is 4.90 Å². The molecule has 110 valence electrons. The number of phenols is 1. The molecule has 1 unspecified atom stereocenters. The molecule has 2 N–H and O–H groups in total. The van der Waals surface area contributed by atoms with Gasteiger partial charge in [-0.05, 0) is 18.6 Å². The van der Waals surface area contributed by atoms with Crippen LogP contribution in [0.25, 0.3) is 0 Å². The summed E-state index contributed by atoms with van der Waals surface area (Å²) in [5.74, 6) is -0.324. The third-order valence-corrected chi connectivity index (χ3v) is 4.19. The number of hydrogen-bond acceptors (Lipinski definition) is 5. The smallest absolute Gasteiger partial charge is 0.310 e. The monoisotopic (exact) mass is 305 g/mol. The zero-order chi connectivity index (χ0) is 15.2. The molecule has 21 heavy (non-hydrogen) atoms. The second-order valence-corrected chi connectivity index (χ2v) is 5.86. The topological polar surface area (TPSA) is 83.6 Å². The SMILES string of the molecule is O=[N+]([O-])c1cccc(CC(CO)Sc2ccccc2)c1O. The summed E-state index contributed by atoms with van der Waals surface area (Å²) in [5.41, 5.74) is 0.153. The minimum atomic E-state index is -0.614. The molecule has 6 heteroatoms. The molecular weight excluding hydrogens is 290 g/mol. The van der Waals surface area contributed by atoms with Gasteiger partial charge in [0, 0.05) is 21.8 Å². The van der Waals surface area contributed by atoms with Crippen LogP contribution in [0.3, 0.4) is 0 Å². The molecule has 0 aliphatic heterocycles. The molecule has 5 nitrogen and oxygen atoms in total. The van der Waals surface area contributed by atoms with Crippen LogP contribution >= 0.6 is 11.8 Å². The van der Waals surface area contributed by atoms with Crippen LogP contribution in [0.15, 0.2) is 53.4 Å². The molecule has 0 aromatic heterocycles. The Hall–Kier alpha value is -2.05. The number of aliphatic hydroxyl groups is 1. The number of hydrogen-bond donors (Lipinski definition) is 2. The minimum Gasteiger partial charge on any atom is -0.502 e. The van der Waals surface area contributed by atoms with E-state index in [1.54, 1.807) is 6.07 Å². The van der Waals surface area contributed by atoms with E-state index in [2.05, 4.69) is 0 Å². The number of phenolic OH excluding ortho intramolecular Hbond substituents is 1. The molecule has 0 radical (unpaired) electrons. The van der Waals surface area contributed by atoms with Crippen molar-refractivity contribution in [3.05, 3.63) is 64.2 Å². The van der Waals surface area contributed by atoms with Gasteiger partial charge in [-0.25, -0.2) is 0 Å². The van der Waals surface area contributed by atoms with Crippen LogP contribution in [-0.4, -0.2) is 27.0 Å². The molecule has 0 bridgehead atoms. The van der Waals surface area contributed by atoms with Crippen molar-refractivity contribution in [1.29, 1.82) is 0 Å². The fourth-order valence-electron chi connectivity index (χ4n) is 1.97. The highest BCUT2D eigenvalue weighted by Gasteiger charge is 2.19. The summed E-state index contributed by atoms with van der Waals surface area (Å²) in [6.45, 7) is -0.0817. The highest BCUT2D eigenvalue weighted by Crippen LogP contribution is 2.33. The molecule has 2 aromatic rings. The number of aliphatic hydroxyl groups excluding tert-OH is 1. The van der Waals surface area contributed by atoms with Gasteiger partial charge in [0.1, 0.15) is 0 Å². The Morgan fingerprint density at radius 1 is 1.14 bits per heavy atom. The van der Waals surface area contributed by atoms with Gasteiger partial charge in [0.15, 0.2) is 5.75 Å². The maximum Gasteiger partial charge on any atom is 0.310 e. The molecule has 0 fully saturated rings. The van der Waals surface area contributed by atoms with Crippen LogP contribution in [0.2, 0.25) is 0 Å². The van der Waals surface area contributed by atoms with Crippen LogP contribution in [0.5, 0.6) is 5.75 Å². The van der Waals surface area contributed by atoms with Crippen molar-refractivity contribution in [2.45, 2.75) is 16.6 Å². The van der Waals surface area contributed by atoms with Crippen LogP contribution in [0, 0.1) is 10.1 Å². The highest BCUT2D eigenvalue weighted by atomic mass is 32.2. The molecule has 0 saturated carbocycles. The molecule has 0 heterocycles. The second kappa shape index (κ2) is 7.10. The van der Waals surface area contributed by atoms with Crippen LogP contribution in [0.4, 0.5) is 5.69 Å². The van der Waals surface area contributed by atoms with Gasteiger partial charge in [-0.3, -0.25) is 10.1 Å². The van der Waals surface area contributed by atoms with E-state index in [9.17, 15) is 20.3 Å². The third-order valence-electron chi connectivity index (χ3n) is 2.99. The van der Waals surface area contributed by atoms with Crippen molar-refractivity contribution < 1.29 is 15.1 Å². The van der Waals surface area contributed by atoms with E-state index < -0.39 is 4.92 Å². The standard InChI is InChI=1S/C15H15NO4S/c17-10-13(21-12-6-2-1-3-7-12)9-11-5-4-8-14(15(11)18)16(19)20/h1-8,13,17-18H,9-10H2. The summed E-state index contributed by atoms with van der Waals surface area (Å²) in [6.07, 6.45) is 0.351. The zero-order valence-electron chi connectivity index (χ0n) is 11.2. The van der Waals surface area contributed by atoms with Crippen LogP contribution in [-0.2, 0) is 6.42 Å². The first-order valence-corrected chi connectivity index (χ1v) is 7.27. The van der Waals surface area contributed by atoms with Crippen molar-refractivity contribution in [3.63, 3.8) is 0 Å². The molecule has 2 rings (SSSR count). The Morgan fingerprint density at radius 3 is 2.48 bits per heavy atom. The number of para-hydroxylation sites is 1. The molecule has 1 atom stereocenters. The van der Waals surface area contributed by atoms with Crippen molar-refractivity contribution in [2.24, 2.45) is 0 Å². The van der Waals surface area contributed by atoms with Gasteiger partial charge in [-0.1, -0.05) is 30.3 Å². The molecular formula is C15H15NO4S. The van der Waals surface area contributed by atoms with Gasteiger partial charge < -0.3 is 10.2 Å². The average Bonchev–Trinajstić information content (AvgIpc) is 2.49. The Balaban J connectivity index is 2.15. The third kappa shape index (κ3) is 3.96. The van der Waals surface area contributed by atoms with Gasteiger partial charge in [0.25, 0.3) is 0 Å². The maximum absolute atomic E-state index is 10.8. The van der Waals surface area contributed by atoms with Gasteiger partial charge in [0.05, 0.1) is 11.5 Å². The lowest BCUT2D eigenvalue weighted by Gasteiger charge is -2.14. The highest BCUT2D eigenvalue weighted by molar-refractivity contribution is 8.00. The predicted molar refractivity (Wildman–Crippen MR) is 81.6 cm³/mol. The molecule has 0 aliphatic carbocycles. The summed E-state index contributed by atoms with van der Waals surface area (Å²) in [7, 11) is 0. The number of rotatable bonds is 6. The van der Waals surface area contributed by atoms with Gasteiger partial charge >= 0.3 is 5.69 Å². The predicted octanol–water partition coefficient (Wildman–Crippen LogP) is 3.00. The van der Waals surface area contributed by atoms with Gasteiger partial charge in [-0.2, -0.15) is 0 Å². The lowest BCUT2D eigenvalue weighted by Crippen LogP contribution is -2.12. The maximum atomic E-state index is 10.8. The largest absolute Gasteiger partial charge is 0.502 e. The lowest BCUT2D eigenvalue weighted by atomic mass is 10.1. The molecule has 2 aromatic carbocycles. The fraction of sp³-hybridized carbons (Fsp3) is 0.200. The first kappa shape index (κ1) is 15.3. The first-order chi connectivity index (χ1) is 10.1. The summed E-state index contributed by atoms with van der Waals surface area (Å²) in [4.78, 5) is 11.2. The summed E-state index contributed by atoms with van der Waals surface area (Å²) >= 11 is 1.48. The van der Waals surface area contributed by atoms with E-state index in [1.165, 1.54) is 23.9 Å². The van der Waals surface area contributed by atoms with E-state index in [4.69, 9.17) is 0 Å². The Labute approximate surface area is 126 Å². The first-order valence-electron chi connectivity index (χ1n) is 6.39. The zero-order valence-corrected chi connectivity index (χ0v) is 12.0. The quantitative estimate of drug-likeness (QED) is 0.487. The second-order valence-electron chi connectivity index (χ2n) is 4.48. The molecule has 0 saturated heterocycles. The Morgan fingerprint density at radius 2 is 1.86 bits per heavy atom. The van der Waals surface area contributed by atoms with E-state index in [-0.39, 0.29) is 23.3 Å². The van der Waals surface area contributed by atoms with Gasteiger partial charge in [-0.15, -0.1) is 11.8 Å². The van der Waals surface area contributed by atoms with Crippen molar-refractivity contribution in [1.82, 2.24) is 0 Å². The number of thioether (sulfide) groups is 1. The minimum absolute atomic E-state index is 0.0817. The summed E-state index contributed by atoms with van der Waals surface area (Å²) in [5, 5.41) is 30.0. The molecule has 0 amide bonds. The number of nitro groups is 1. The van der Waals surface area contributed by atoms with Crippen molar-refractivity contribution >= 4 is 17.4 Å². The molecule has 0 aliphatic rings. The van der Waals surface area contributed by atoms with E-state index >= 15 is 0 Å². The average molecular weight is 305 g/mol. The number of nitrogens with zero attached hydrogens (tertiary/aromatic N) is 1. The van der Waals surface area contributed by atoms with Gasteiger partial charge in [0.2, 0.25) is 0 Å². The Kier molecular flexibility index (Phi) is 5.19. The van der Waals surface area contributed by atoms with E-state index in [1.807, 2.05) is 30.3 Å². The van der Waals surface area contributed by atoms with Crippen LogP contribution < -0.4 is 0 Å². The number of aromatic hydroxyl groups is 1. The number of benzene rings is 2. The molecule has 0 spiro atoms. The number of nitro benzene ring substituents is 1. The van der Waals surface area contributed by atoms with E-state index in [0.29, 0.717) is 12.0 Å². The Bertz CT molecular complexity index is 618. The normalized spacial score (nSPS) is 12.0. The van der Waals surface area contributed by atoms with Crippen LogP contribution in [0.1, 0.15) is 5.56 Å². The fourth-order valence-corrected chi connectivity index (χ4v) is 3.01. The lowest BCUT2D eigenvalue weighted by molar-refractivity contribution is -0.385. The van der Waals surface area contributed by atoms with Crippen molar-refractivity contribution in [3.8, 4) is 5.75 Å². The van der Waals surface area contributed by atoms with Crippen molar-refractivity contribution in [2.75, 3.05) is 6.61 Å². The summed E-state index contributed by atoms with van der Waals surface area (Å²) < 4.78 is 0. The summed E-state index contributed by atoms with van der Waals surface area (Å²) in [6, 6.07) is 14.0.